The molecule has 0 fully saturated rings. The summed E-state index contributed by atoms with van der Waals surface area (Å²) < 4.78 is 1.64. The molecule has 1 atom stereocenters. The molecule has 0 aliphatic carbocycles. The Hall–Kier alpha value is -1.82. The van der Waals surface area contributed by atoms with Gasteiger partial charge in [-0.25, -0.2) is 4.68 Å². The Kier molecular flexibility index (Phi) is 3.90. The number of carbonyl (C=O) groups is 1. The first-order valence-electron chi connectivity index (χ1n) is 6.49. The Morgan fingerprint density at radius 3 is 2.74 bits per heavy atom. The molecule has 1 aliphatic heterocycles. The molecule has 0 saturated carbocycles. The lowest BCUT2D eigenvalue weighted by Crippen LogP contribution is -2.50. The topological polar surface area (TPSA) is 61.6 Å². The molecule has 6 nitrogen and oxygen atoms in total. The van der Waals surface area contributed by atoms with Gasteiger partial charge in [0.25, 0.3) is 5.91 Å². The van der Waals surface area contributed by atoms with Gasteiger partial charge in [-0.3, -0.25) is 9.80 Å². The van der Waals surface area contributed by atoms with E-state index in [2.05, 4.69) is 12.0 Å². The molecule has 1 aliphatic rings. The number of amides is 1. The van der Waals surface area contributed by atoms with Crippen LogP contribution in [-0.2, 0) is 4.79 Å². The Labute approximate surface area is 112 Å². The molecule has 19 heavy (non-hydrogen) atoms. The number of aliphatic hydroxyl groups is 1. The number of unbranched alkanes of at least 4 members (excludes halogenated alkanes) is 1. The van der Waals surface area contributed by atoms with E-state index in [1.807, 2.05) is 0 Å². The Morgan fingerprint density at radius 2 is 2.16 bits per heavy atom. The maximum atomic E-state index is 12.2. The maximum Gasteiger partial charge on any atom is 0.267 e. The zero-order valence-electron chi connectivity index (χ0n) is 11.6. The highest BCUT2D eigenvalue weighted by molar-refractivity contribution is 5.94. The summed E-state index contributed by atoms with van der Waals surface area (Å²) in [7, 11) is 3.47. The fourth-order valence-electron chi connectivity index (χ4n) is 2.26. The van der Waals surface area contributed by atoms with Crippen LogP contribution in [0.1, 0.15) is 32.4 Å². The second-order valence-corrected chi connectivity index (χ2v) is 4.73. The highest BCUT2D eigenvalue weighted by Crippen LogP contribution is 2.30. The minimum Gasteiger partial charge on any atom is -0.508 e. The molecule has 0 saturated heterocycles. The van der Waals surface area contributed by atoms with Crippen molar-refractivity contribution in [3.05, 3.63) is 29.8 Å². The van der Waals surface area contributed by atoms with Crippen LogP contribution in [0.15, 0.2) is 29.8 Å². The average molecular weight is 264 g/mol. The Morgan fingerprint density at radius 1 is 1.42 bits per heavy atom. The molecule has 1 amide bonds. The summed E-state index contributed by atoms with van der Waals surface area (Å²) >= 11 is 0. The van der Waals surface area contributed by atoms with Crippen LogP contribution in [0, 0.1) is 0 Å². The number of aromatic nitrogens is 2. The number of aliphatic hydroxyl groups excluding tert-OH is 1. The summed E-state index contributed by atoms with van der Waals surface area (Å²) in [4.78, 5) is 12.2. The molecule has 6 heteroatoms. The van der Waals surface area contributed by atoms with Crippen molar-refractivity contribution < 1.29 is 9.90 Å². The number of nitrogens with zero attached hydrogens (tertiary/aromatic N) is 4. The summed E-state index contributed by atoms with van der Waals surface area (Å²) in [6, 6.07) is 1.79. The summed E-state index contributed by atoms with van der Waals surface area (Å²) in [5.74, 6) is -0.0420. The lowest BCUT2D eigenvalue weighted by Gasteiger charge is -2.39. The molecular formula is C13H20N4O2. The van der Waals surface area contributed by atoms with Gasteiger partial charge < -0.3 is 5.11 Å². The van der Waals surface area contributed by atoms with E-state index in [9.17, 15) is 9.90 Å². The van der Waals surface area contributed by atoms with Crippen LogP contribution < -0.4 is 0 Å². The van der Waals surface area contributed by atoms with E-state index in [0.29, 0.717) is 12.0 Å². The third-order valence-corrected chi connectivity index (χ3v) is 3.49. The molecule has 0 spiro atoms. The quantitative estimate of drug-likeness (QED) is 0.899. The van der Waals surface area contributed by atoms with Crippen molar-refractivity contribution in [2.75, 3.05) is 14.1 Å². The van der Waals surface area contributed by atoms with Crippen LogP contribution >= 0.6 is 0 Å². The molecule has 104 valence electrons. The van der Waals surface area contributed by atoms with E-state index in [0.717, 1.165) is 12.8 Å². The largest absolute Gasteiger partial charge is 0.508 e. The third-order valence-electron chi connectivity index (χ3n) is 3.49. The maximum absolute atomic E-state index is 12.2. The number of hydrogen-bond acceptors (Lipinski definition) is 4. The lowest BCUT2D eigenvalue weighted by atomic mass is 10.0. The molecule has 0 aromatic carbocycles. The van der Waals surface area contributed by atoms with Gasteiger partial charge >= 0.3 is 0 Å². The van der Waals surface area contributed by atoms with Crippen LogP contribution in [0.3, 0.4) is 0 Å². The van der Waals surface area contributed by atoms with Crippen molar-refractivity contribution in [3.8, 4) is 0 Å². The molecule has 1 aromatic heterocycles. The molecule has 1 N–H and O–H groups in total. The van der Waals surface area contributed by atoms with E-state index in [4.69, 9.17) is 0 Å². The van der Waals surface area contributed by atoms with E-state index >= 15 is 0 Å². The van der Waals surface area contributed by atoms with Gasteiger partial charge in [0.05, 0.1) is 5.57 Å². The van der Waals surface area contributed by atoms with Crippen molar-refractivity contribution >= 4 is 5.91 Å². The van der Waals surface area contributed by atoms with Crippen molar-refractivity contribution in [1.82, 2.24) is 19.8 Å². The minimum atomic E-state index is -0.454. The smallest absolute Gasteiger partial charge is 0.267 e. The highest BCUT2D eigenvalue weighted by atomic mass is 16.3. The molecule has 2 heterocycles. The van der Waals surface area contributed by atoms with Crippen molar-refractivity contribution in [2.45, 2.75) is 32.4 Å². The normalized spacial score (nSPS) is 21.3. The van der Waals surface area contributed by atoms with Crippen LogP contribution in [0.5, 0.6) is 0 Å². The predicted molar refractivity (Wildman–Crippen MR) is 71.0 cm³/mol. The van der Waals surface area contributed by atoms with Crippen LogP contribution in [0.25, 0.3) is 0 Å². The summed E-state index contributed by atoms with van der Waals surface area (Å²) in [6.07, 6.45) is 5.44. The van der Waals surface area contributed by atoms with Crippen LogP contribution in [0.2, 0.25) is 0 Å². The SMILES string of the molecule is CCCCC1=C(O)C(n2cccn2)N(C)N(C)C1=O. The standard InChI is InChI=1S/C13H20N4O2/c1-4-5-7-10-11(18)12(17-9-6-8-14-17)15(2)16(3)13(10)19/h6,8-9,12,18H,4-5,7H2,1-3H3. The Balaban J connectivity index is 2.40. The molecule has 1 aromatic rings. The van der Waals surface area contributed by atoms with E-state index < -0.39 is 6.17 Å². The molecule has 0 bridgehead atoms. The average Bonchev–Trinajstić information content (AvgIpc) is 2.90. The van der Waals surface area contributed by atoms with Gasteiger partial charge in [0.15, 0.2) is 6.17 Å². The molecule has 0 radical (unpaired) electrons. The molecular weight excluding hydrogens is 244 g/mol. The van der Waals surface area contributed by atoms with E-state index in [-0.39, 0.29) is 11.7 Å². The summed E-state index contributed by atoms with van der Waals surface area (Å²) in [6.45, 7) is 2.06. The van der Waals surface area contributed by atoms with Gasteiger partial charge in [0.1, 0.15) is 5.76 Å². The number of hydrogen-bond donors (Lipinski definition) is 1. The zero-order chi connectivity index (χ0) is 14.0. The van der Waals surface area contributed by atoms with Crippen molar-refractivity contribution in [2.24, 2.45) is 0 Å². The van der Waals surface area contributed by atoms with E-state index in [1.54, 1.807) is 42.2 Å². The van der Waals surface area contributed by atoms with Gasteiger partial charge in [-0.15, -0.1) is 0 Å². The summed E-state index contributed by atoms with van der Waals surface area (Å²) in [5, 5.41) is 17.8. The fraction of sp³-hybridized carbons (Fsp3) is 0.538. The second kappa shape index (κ2) is 5.44. The zero-order valence-corrected chi connectivity index (χ0v) is 11.6. The second-order valence-electron chi connectivity index (χ2n) is 4.73. The van der Waals surface area contributed by atoms with Crippen molar-refractivity contribution in [3.63, 3.8) is 0 Å². The summed E-state index contributed by atoms with van der Waals surface area (Å²) in [5.41, 5.74) is 0.489. The van der Waals surface area contributed by atoms with Crippen molar-refractivity contribution in [1.29, 1.82) is 0 Å². The number of hydrazine groups is 1. The van der Waals surface area contributed by atoms with E-state index in [1.165, 1.54) is 5.01 Å². The first kappa shape index (κ1) is 13.6. The predicted octanol–water partition coefficient (Wildman–Crippen LogP) is 1.70. The third kappa shape index (κ3) is 2.35. The number of carbonyl (C=O) groups excluding carboxylic acids is 1. The van der Waals surface area contributed by atoms with Crippen LogP contribution in [0.4, 0.5) is 0 Å². The van der Waals surface area contributed by atoms with Gasteiger partial charge in [-0.05, 0) is 18.9 Å². The first-order valence-corrected chi connectivity index (χ1v) is 6.49. The highest BCUT2D eigenvalue weighted by Gasteiger charge is 2.37. The first-order chi connectivity index (χ1) is 9.07. The van der Waals surface area contributed by atoms with Gasteiger partial charge in [-0.2, -0.15) is 10.1 Å². The lowest BCUT2D eigenvalue weighted by molar-refractivity contribution is -0.150. The van der Waals surface area contributed by atoms with Gasteiger partial charge in [0, 0.05) is 26.5 Å². The Bertz CT molecular complexity index is 481. The van der Waals surface area contributed by atoms with Gasteiger partial charge in [0.2, 0.25) is 0 Å². The van der Waals surface area contributed by atoms with Gasteiger partial charge in [-0.1, -0.05) is 13.3 Å². The monoisotopic (exact) mass is 264 g/mol. The fourth-order valence-corrected chi connectivity index (χ4v) is 2.26. The minimum absolute atomic E-state index is 0.0998. The molecule has 1 unspecified atom stereocenters. The molecule has 2 rings (SSSR count). The van der Waals surface area contributed by atoms with Crippen LogP contribution in [-0.4, -0.2) is 44.9 Å². The number of rotatable bonds is 4. The number of likely N-dealkylation sites (N-methyl/N-ethyl adjacent to an activating group) is 2.